The molecule has 4 rings (SSSR count). The SMILES string of the molecule is CC[C@H]1COC(=O)N1c1nc(C)nc(N[C@@H](C)c2cccc(Oc3ccccc3)c2F)n1. The molecule has 9 heteroatoms. The Kier molecular flexibility index (Phi) is 6.16. The lowest BCUT2D eigenvalue weighted by molar-refractivity contribution is 0.178. The van der Waals surface area contributed by atoms with Gasteiger partial charge in [0.05, 0.1) is 12.1 Å². The summed E-state index contributed by atoms with van der Waals surface area (Å²) in [5, 5.41) is 3.11. The number of aromatic nitrogens is 3. The number of para-hydroxylation sites is 1. The minimum Gasteiger partial charge on any atom is -0.454 e. The minimum absolute atomic E-state index is 0.125. The fourth-order valence-corrected chi connectivity index (χ4v) is 3.47. The molecule has 0 spiro atoms. The number of anilines is 2. The Morgan fingerprint density at radius 3 is 2.72 bits per heavy atom. The van der Waals surface area contributed by atoms with Gasteiger partial charge in [0.1, 0.15) is 18.2 Å². The molecule has 2 heterocycles. The molecule has 32 heavy (non-hydrogen) atoms. The topological polar surface area (TPSA) is 89.5 Å². The van der Waals surface area contributed by atoms with E-state index in [-0.39, 0.29) is 23.7 Å². The fraction of sp³-hybridized carbons (Fsp3) is 0.304. The number of halogens is 1. The standard InChI is InChI=1S/C23H24FN5O3/c1-4-16-13-31-23(30)29(16)22-27-15(3)26-21(28-22)25-14(2)18-11-8-12-19(20(18)24)32-17-9-6-5-7-10-17/h5-12,14,16H,4,13H2,1-3H3,(H,25,26,27,28)/t14-,16-/m0/s1. The highest BCUT2D eigenvalue weighted by Crippen LogP contribution is 2.30. The molecule has 0 radical (unpaired) electrons. The van der Waals surface area contributed by atoms with Crippen LogP contribution in [-0.4, -0.2) is 33.7 Å². The Bertz CT molecular complexity index is 1110. The Hall–Kier alpha value is -3.75. The monoisotopic (exact) mass is 437 g/mol. The van der Waals surface area contributed by atoms with Crippen molar-refractivity contribution in [1.82, 2.24) is 15.0 Å². The van der Waals surface area contributed by atoms with Crippen molar-refractivity contribution in [1.29, 1.82) is 0 Å². The molecule has 3 aromatic rings. The van der Waals surface area contributed by atoms with E-state index in [1.807, 2.05) is 25.1 Å². The number of hydrogen-bond acceptors (Lipinski definition) is 7. The molecule has 1 aromatic heterocycles. The third-order valence-corrected chi connectivity index (χ3v) is 5.16. The summed E-state index contributed by atoms with van der Waals surface area (Å²) in [7, 11) is 0. The van der Waals surface area contributed by atoms with Crippen molar-refractivity contribution in [3.8, 4) is 11.5 Å². The molecule has 0 bridgehead atoms. The summed E-state index contributed by atoms with van der Waals surface area (Å²) in [5.74, 6) is 1.08. The van der Waals surface area contributed by atoms with Gasteiger partial charge in [0, 0.05) is 5.56 Å². The summed E-state index contributed by atoms with van der Waals surface area (Å²) in [6, 6.07) is 13.4. The van der Waals surface area contributed by atoms with E-state index in [1.165, 1.54) is 4.90 Å². The average molecular weight is 437 g/mol. The van der Waals surface area contributed by atoms with Gasteiger partial charge in [0.2, 0.25) is 11.9 Å². The highest BCUT2D eigenvalue weighted by molar-refractivity contribution is 5.88. The molecule has 1 fully saturated rings. The van der Waals surface area contributed by atoms with Crippen LogP contribution in [0.4, 0.5) is 21.1 Å². The molecular weight excluding hydrogens is 413 g/mol. The number of amides is 1. The fourth-order valence-electron chi connectivity index (χ4n) is 3.47. The summed E-state index contributed by atoms with van der Waals surface area (Å²) in [4.78, 5) is 26.6. The first-order valence-corrected chi connectivity index (χ1v) is 10.4. The van der Waals surface area contributed by atoms with Crippen molar-refractivity contribution in [3.63, 3.8) is 0 Å². The van der Waals surface area contributed by atoms with E-state index in [9.17, 15) is 4.79 Å². The number of nitrogens with zero attached hydrogens (tertiary/aromatic N) is 4. The van der Waals surface area contributed by atoms with Gasteiger partial charge in [0.25, 0.3) is 0 Å². The Morgan fingerprint density at radius 2 is 1.97 bits per heavy atom. The van der Waals surface area contributed by atoms with Crippen LogP contribution in [0.2, 0.25) is 0 Å². The second kappa shape index (κ2) is 9.17. The van der Waals surface area contributed by atoms with Gasteiger partial charge in [-0.05, 0) is 38.5 Å². The molecule has 0 saturated carbocycles. The number of hydrogen-bond donors (Lipinski definition) is 1. The summed E-state index contributed by atoms with van der Waals surface area (Å²) < 4.78 is 26.0. The van der Waals surface area contributed by atoms with E-state index < -0.39 is 18.0 Å². The molecule has 1 amide bonds. The third kappa shape index (κ3) is 4.46. The predicted octanol–water partition coefficient (Wildman–Crippen LogP) is 5.02. The van der Waals surface area contributed by atoms with Gasteiger partial charge >= 0.3 is 6.09 Å². The molecule has 166 valence electrons. The van der Waals surface area contributed by atoms with Crippen LogP contribution < -0.4 is 15.0 Å². The van der Waals surface area contributed by atoms with Crippen molar-refractivity contribution >= 4 is 18.0 Å². The highest BCUT2D eigenvalue weighted by Gasteiger charge is 2.35. The number of cyclic esters (lactones) is 1. The molecule has 2 atom stereocenters. The molecule has 8 nitrogen and oxygen atoms in total. The van der Waals surface area contributed by atoms with Gasteiger partial charge in [0.15, 0.2) is 11.6 Å². The first-order valence-electron chi connectivity index (χ1n) is 10.4. The quantitative estimate of drug-likeness (QED) is 0.555. The van der Waals surface area contributed by atoms with E-state index in [2.05, 4.69) is 20.3 Å². The predicted molar refractivity (Wildman–Crippen MR) is 117 cm³/mol. The first kappa shape index (κ1) is 21.5. The van der Waals surface area contributed by atoms with Crippen LogP contribution >= 0.6 is 0 Å². The molecule has 1 N–H and O–H groups in total. The zero-order valence-electron chi connectivity index (χ0n) is 18.1. The van der Waals surface area contributed by atoms with Gasteiger partial charge in [-0.2, -0.15) is 15.0 Å². The van der Waals surface area contributed by atoms with Gasteiger partial charge in [-0.15, -0.1) is 0 Å². The van der Waals surface area contributed by atoms with E-state index in [0.29, 0.717) is 30.2 Å². The summed E-state index contributed by atoms with van der Waals surface area (Å²) in [5.41, 5.74) is 0.394. The van der Waals surface area contributed by atoms with Crippen LogP contribution in [0, 0.1) is 12.7 Å². The number of rotatable bonds is 7. The lowest BCUT2D eigenvalue weighted by Crippen LogP contribution is -2.34. The van der Waals surface area contributed by atoms with E-state index in [4.69, 9.17) is 9.47 Å². The van der Waals surface area contributed by atoms with Crippen molar-refractivity contribution in [2.45, 2.75) is 39.3 Å². The molecule has 2 aromatic carbocycles. The lowest BCUT2D eigenvalue weighted by atomic mass is 10.1. The zero-order valence-corrected chi connectivity index (χ0v) is 18.1. The van der Waals surface area contributed by atoms with Gasteiger partial charge in [-0.1, -0.05) is 37.3 Å². The van der Waals surface area contributed by atoms with Crippen LogP contribution in [0.5, 0.6) is 11.5 Å². The number of benzene rings is 2. The van der Waals surface area contributed by atoms with Crippen molar-refractivity contribution in [2.24, 2.45) is 0 Å². The number of carbonyl (C=O) groups excluding carboxylic acids is 1. The van der Waals surface area contributed by atoms with E-state index in [1.54, 1.807) is 44.2 Å². The van der Waals surface area contributed by atoms with E-state index >= 15 is 4.39 Å². The molecular formula is C23H24FN5O3. The van der Waals surface area contributed by atoms with Crippen LogP contribution in [-0.2, 0) is 4.74 Å². The first-order chi connectivity index (χ1) is 15.5. The average Bonchev–Trinajstić information content (AvgIpc) is 3.16. The Morgan fingerprint density at radius 1 is 1.19 bits per heavy atom. The molecule has 1 aliphatic heterocycles. The number of ether oxygens (including phenoxy) is 2. The maximum atomic E-state index is 15.2. The molecule has 1 aliphatic rings. The second-order valence-corrected chi connectivity index (χ2v) is 7.46. The van der Waals surface area contributed by atoms with Crippen molar-refractivity contribution in [3.05, 3.63) is 65.7 Å². The van der Waals surface area contributed by atoms with Crippen LogP contribution in [0.25, 0.3) is 0 Å². The maximum absolute atomic E-state index is 15.2. The van der Waals surface area contributed by atoms with Crippen LogP contribution in [0.15, 0.2) is 48.5 Å². The summed E-state index contributed by atoms with van der Waals surface area (Å²) in [6.07, 6.45) is 0.216. The van der Waals surface area contributed by atoms with Crippen molar-refractivity contribution in [2.75, 3.05) is 16.8 Å². The highest BCUT2D eigenvalue weighted by atomic mass is 19.1. The van der Waals surface area contributed by atoms with Crippen LogP contribution in [0.1, 0.15) is 37.7 Å². The van der Waals surface area contributed by atoms with Gasteiger partial charge in [-0.25, -0.2) is 14.1 Å². The third-order valence-electron chi connectivity index (χ3n) is 5.16. The normalized spacial score (nSPS) is 16.6. The zero-order chi connectivity index (χ0) is 22.7. The lowest BCUT2D eigenvalue weighted by Gasteiger charge is -2.20. The van der Waals surface area contributed by atoms with Crippen molar-refractivity contribution < 1.29 is 18.7 Å². The van der Waals surface area contributed by atoms with E-state index in [0.717, 1.165) is 0 Å². The number of carbonyl (C=O) groups is 1. The second-order valence-electron chi connectivity index (χ2n) is 7.46. The maximum Gasteiger partial charge on any atom is 0.417 e. The Labute approximate surface area is 185 Å². The van der Waals surface area contributed by atoms with Gasteiger partial charge in [-0.3, -0.25) is 0 Å². The molecule has 1 saturated heterocycles. The van der Waals surface area contributed by atoms with Crippen LogP contribution in [0.3, 0.4) is 0 Å². The van der Waals surface area contributed by atoms with Gasteiger partial charge < -0.3 is 14.8 Å². The smallest absolute Gasteiger partial charge is 0.417 e. The minimum atomic E-state index is -0.488. The molecule has 0 aliphatic carbocycles. The summed E-state index contributed by atoms with van der Waals surface area (Å²) in [6.45, 7) is 5.75. The summed E-state index contributed by atoms with van der Waals surface area (Å²) >= 11 is 0. The number of aryl methyl sites for hydroxylation is 1. The Balaban J connectivity index is 1.57. The number of nitrogens with one attached hydrogen (secondary N) is 1. The molecule has 0 unspecified atom stereocenters. The largest absolute Gasteiger partial charge is 0.454 e.